The fraction of sp³-hybridized carbons (Fsp3) is 0.316. The summed E-state index contributed by atoms with van der Waals surface area (Å²) in [6, 6.07) is 7.05. The highest BCUT2D eigenvalue weighted by Crippen LogP contribution is 2.40. The molecule has 1 unspecified atom stereocenters. The summed E-state index contributed by atoms with van der Waals surface area (Å²) in [5, 5.41) is 27.2. The lowest BCUT2D eigenvalue weighted by molar-refractivity contribution is -0.116. The summed E-state index contributed by atoms with van der Waals surface area (Å²) < 4.78 is 1.88. The molecule has 1 aromatic carbocycles. The summed E-state index contributed by atoms with van der Waals surface area (Å²) >= 11 is 0. The maximum absolute atomic E-state index is 12.7. The Balaban J connectivity index is 1.69. The number of nitrogens with zero attached hydrogens (tertiary/aromatic N) is 5. The average molecular weight is 360 g/mol. The number of aromatic hydroxyl groups is 1. The van der Waals surface area contributed by atoms with Gasteiger partial charge < -0.3 is 10.4 Å². The van der Waals surface area contributed by atoms with E-state index in [1.54, 1.807) is 18.2 Å². The van der Waals surface area contributed by atoms with E-state index in [9.17, 15) is 15.2 Å². The van der Waals surface area contributed by atoms with Crippen molar-refractivity contribution in [2.75, 3.05) is 5.32 Å². The van der Waals surface area contributed by atoms with Crippen LogP contribution in [0.2, 0.25) is 0 Å². The Morgan fingerprint density at radius 3 is 2.85 bits per heavy atom. The first kappa shape index (κ1) is 15.8. The van der Waals surface area contributed by atoms with Crippen molar-refractivity contribution < 1.29 is 9.90 Å². The molecule has 0 bridgehead atoms. The highest BCUT2D eigenvalue weighted by atomic mass is 16.3. The molecule has 2 N–H and O–H groups in total. The van der Waals surface area contributed by atoms with Crippen molar-refractivity contribution in [3.8, 4) is 12.1 Å². The van der Waals surface area contributed by atoms with Crippen molar-refractivity contribution in [2.24, 2.45) is 0 Å². The molecule has 0 spiro atoms. The minimum Gasteiger partial charge on any atom is -0.479 e. The van der Waals surface area contributed by atoms with Crippen LogP contribution in [0.15, 0.2) is 24.4 Å². The van der Waals surface area contributed by atoms with Crippen LogP contribution in [0.25, 0.3) is 11.0 Å². The molecule has 0 saturated heterocycles. The molecule has 1 atom stereocenters. The maximum Gasteiger partial charge on any atom is 0.316 e. The van der Waals surface area contributed by atoms with Crippen LogP contribution in [-0.2, 0) is 4.79 Å². The van der Waals surface area contributed by atoms with Gasteiger partial charge in [0.2, 0.25) is 5.91 Å². The van der Waals surface area contributed by atoms with Crippen LogP contribution in [0.5, 0.6) is 6.01 Å². The second kappa shape index (κ2) is 5.77. The largest absolute Gasteiger partial charge is 0.479 e. The summed E-state index contributed by atoms with van der Waals surface area (Å²) in [7, 11) is 0. The quantitative estimate of drug-likeness (QED) is 0.725. The molecular formula is C19H16N6O2. The van der Waals surface area contributed by atoms with Gasteiger partial charge in [0.05, 0.1) is 28.8 Å². The van der Waals surface area contributed by atoms with Crippen molar-refractivity contribution in [2.45, 2.75) is 37.6 Å². The maximum atomic E-state index is 12.7. The lowest BCUT2D eigenvalue weighted by Gasteiger charge is -2.10. The van der Waals surface area contributed by atoms with Crippen molar-refractivity contribution >= 4 is 22.6 Å². The fourth-order valence-corrected chi connectivity index (χ4v) is 4.11. The number of nitriles is 1. The third kappa shape index (κ3) is 2.43. The lowest BCUT2D eigenvalue weighted by atomic mass is 9.94. The molecule has 27 heavy (non-hydrogen) atoms. The van der Waals surface area contributed by atoms with Crippen molar-refractivity contribution in [1.29, 1.82) is 5.26 Å². The first-order chi connectivity index (χ1) is 13.1. The molecule has 3 aromatic rings. The van der Waals surface area contributed by atoms with Crippen LogP contribution in [0.3, 0.4) is 0 Å². The SMILES string of the molecule is N#Cc1ccc2c(c1)C(c1nc(O)nc3nn(C4CCCC4)cc13)C(=O)N2. The van der Waals surface area contributed by atoms with Gasteiger partial charge in [-0.25, -0.2) is 0 Å². The number of amides is 1. The van der Waals surface area contributed by atoms with Crippen molar-refractivity contribution in [1.82, 2.24) is 19.7 Å². The predicted octanol–water partition coefficient (Wildman–Crippen LogP) is 2.60. The number of anilines is 1. The minimum atomic E-state index is -0.717. The summed E-state index contributed by atoms with van der Waals surface area (Å²) in [6.45, 7) is 0. The van der Waals surface area contributed by atoms with Crippen LogP contribution in [0, 0.1) is 11.3 Å². The molecule has 2 aliphatic rings. The molecular weight excluding hydrogens is 344 g/mol. The van der Waals surface area contributed by atoms with E-state index in [2.05, 4.69) is 26.5 Å². The first-order valence-corrected chi connectivity index (χ1v) is 8.95. The van der Waals surface area contributed by atoms with Gasteiger partial charge in [-0.15, -0.1) is 0 Å². The molecule has 8 heteroatoms. The van der Waals surface area contributed by atoms with Crippen LogP contribution in [0.4, 0.5) is 5.69 Å². The van der Waals surface area contributed by atoms with Crippen LogP contribution in [0.1, 0.15) is 54.5 Å². The van der Waals surface area contributed by atoms with Gasteiger partial charge in [0.25, 0.3) is 0 Å². The average Bonchev–Trinajstić information content (AvgIpc) is 3.37. The number of benzene rings is 1. The molecule has 5 rings (SSSR count). The number of rotatable bonds is 2. The second-order valence-corrected chi connectivity index (χ2v) is 7.03. The molecule has 1 aliphatic heterocycles. The Morgan fingerprint density at radius 2 is 2.07 bits per heavy atom. The van der Waals surface area contributed by atoms with Crippen LogP contribution >= 0.6 is 0 Å². The lowest BCUT2D eigenvalue weighted by Crippen LogP contribution is -2.15. The normalized spacial score (nSPS) is 19.2. The van der Waals surface area contributed by atoms with Crippen molar-refractivity contribution in [3.05, 3.63) is 41.2 Å². The Bertz CT molecular complexity index is 1120. The zero-order valence-corrected chi connectivity index (χ0v) is 14.4. The van der Waals surface area contributed by atoms with E-state index < -0.39 is 11.9 Å². The van der Waals surface area contributed by atoms with Crippen LogP contribution in [-0.4, -0.2) is 30.8 Å². The van der Waals surface area contributed by atoms with E-state index in [0.29, 0.717) is 39.6 Å². The van der Waals surface area contributed by atoms with Gasteiger partial charge in [0.1, 0.15) is 5.92 Å². The first-order valence-electron chi connectivity index (χ1n) is 8.95. The van der Waals surface area contributed by atoms with E-state index in [1.165, 1.54) is 12.8 Å². The second-order valence-electron chi connectivity index (χ2n) is 7.03. The van der Waals surface area contributed by atoms with Gasteiger partial charge >= 0.3 is 6.01 Å². The predicted molar refractivity (Wildman–Crippen MR) is 96.1 cm³/mol. The highest BCUT2D eigenvalue weighted by Gasteiger charge is 2.36. The molecule has 1 aliphatic carbocycles. The number of fused-ring (bicyclic) bond motifs is 2. The Kier molecular flexibility index (Phi) is 3.37. The molecule has 134 valence electrons. The summed E-state index contributed by atoms with van der Waals surface area (Å²) in [6.07, 6.45) is 6.32. The number of carbonyl (C=O) groups excluding carboxylic acids is 1. The number of hydrogen-bond acceptors (Lipinski definition) is 6. The highest BCUT2D eigenvalue weighted by molar-refractivity contribution is 6.06. The summed E-state index contributed by atoms with van der Waals surface area (Å²) in [5.41, 5.74) is 2.58. The third-order valence-corrected chi connectivity index (χ3v) is 5.40. The smallest absolute Gasteiger partial charge is 0.316 e. The van der Waals surface area contributed by atoms with Gasteiger partial charge in [-0.2, -0.15) is 20.3 Å². The fourth-order valence-electron chi connectivity index (χ4n) is 4.11. The van der Waals surface area contributed by atoms with Gasteiger partial charge in [-0.3, -0.25) is 9.48 Å². The minimum absolute atomic E-state index is 0.242. The van der Waals surface area contributed by atoms with Crippen LogP contribution < -0.4 is 5.32 Å². The topological polar surface area (TPSA) is 117 Å². The number of carbonyl (C=O) groups is 1. The van der Waals surface area contributed by atoms with E-state index in [4.69, 9.17) is 0 Å². The van der Waals surface area contributed by atoms with Gasteiger partial charge in [-0.1, -0.05) is 12.8 Å². The summed E-state index contributed by atoms with van der Waals surface area (Å²) in [5.74, 6) is -0.959. The number of nitrogens with one attached hydrogen (secondary N) is 1. The monoisotopic (exact) mass is 360 g/mol. The summed E-state index contributed by atoms with van der Waals surface area (Å²) in [4.78, 5) is 20.9. The molecule has 8 nitrogen and oxygen atoms in total. The van der Waals surface area contributed by atoms with Gasteiger partial charge in [0, 0.05) is 11.9 Å². The van der Waals surface area contributed by atoms with Gasteiger partial charge in [0.15, 0.2) is 5.65 Å². The standard InChI is InChI=1S/C19H16N6O2/c20-8-10-5-6-14-12(7-10)15(18(26)21-14)16-13-9-25(11-3-1-2-4-11)24-17(13)23-19(27)22-16/h5-7,9,11,15H,1-4H2,(H,21,26)(H,23,24,27). The molecule has 2 aromatic heterocycles. The van der Waals surface area contributed by atoms with E-state index >= 15 is 0 Å². The Labute approximate surface area is 154 Å². The number of hydrogen-bond donors (Lipinski definition) is 2. The molecule has 1 amide bonds. The van der Waals surface area contributed by atoms with Crippen molar-refractivity contribution in [3.63, 3.8) is 0 Å². The zero-order chi connectivity index (χ0) is 18.5. The van der Waals surface area contributed by atoms with E-state index in [1.807, 2.05) is 10.9 Å². The Hall–Kier alpha value is -3.47. The molecule has 1 saturated carbocycles. The van der Waals surface area contributed by atoms with E-state index in [-0.39, 0.29) is 5.91 Å². The number of aromatic nitrogens is 4. The zero-order valence-electron chi connectivity index (χ0n) is 14.4. The molecule has 0 radical (unpaired) electrons. The third-order valence-electron chi connectivity index (χ3n) is 5.40. The molecule has 3 heterocycles. The molecule has 1 fully saturated rings. The van der Waals surface area contributed by atoms with E-state index in [0.717, 1.165) is 12.8 Å². The van der Waals surface area contributed by atoms with Gasteiger partial charge in [-0.05, 0) is 36.6 Å². The Morgan fingerprint density at radius 1 is 1.26 bits per heavy atom.